The lowest BCUT2D eigenvalue weighted by atomic mass is 10.1. The molecule has 1 aliphatic rings. The highest BCUT2D eigenvalue weighted by molar-refractivity contribution is 8.03. The van der Waals surface area contributed by atoms with Gasteiger partial charge in [-0.25, -0.2) is 4.98 Å². The molecular formula is C16H14N4O2S4. The zero-order chi connectivity index (χ0) is 17.9. The Morgan fingerprint density at radius 2 is 1.88 bits per heavy atom. The van der Waals surface area contributed by atoms with Crippen molar-refractivity contribution in [3.05, 3.63) is 44.8 Å². The summed E-state index contributed by atoms with van der Waals surface area (Å²) in [5.74, 6) is 2.79. The number of benzene rings is 1. The van der Waals surface area contributed by atoms with Crippen LogP contribution in [0, 0.1) is 16.0 Å². The van der Waals surface area contributed by atoms with Gasteiger partial charge in [0.15, 0.2) is 8.68 Å². The first-order chi connectivity index (χ1) is 12.7. The molecule has 2 aromatic heterocycles. The zero-order valence-corrected chi connectivity index (χ0v) is 16.8. The number of nitrogens with zero attached hydrogens (tertiary/aromatic N) is 4. The Balaban J connectivity index is 1.33. The Labute approximate surface area is 166 Å². The molecule has 1 aromatic carbocycles. The second kappa shape index (κ2) is 8.03. The van der Waals surface area contributed by atoms with E-state index in [0.29, 0.717) is 0 Å². The largest absolute Gasteiger partial charge is 0.269 e. The van der Waals surface area contributed by atoms with E-state index in [1.54, 1.807) is 46.6 Å². The van der Waals surface area contributed by atoms with Crippen molar-refractivity contribution in [2.75, 3.05) is 5.75 Å². The van der Waals surface area contributed by atoms with Crippen LogP contribution in [0.15, 0.2) is 38.3 Å². The third-order valence-electron chi connectivity index (χ3n) is 3.77. The van der Waals surface area contributed by atoms with Crippen molar-refractivity contribution < 1.29 is 4.92 Å². The molecule has 10 heteroatoms. The van der Waals surface area contributed by atoms with Gasteiger partial charge in [0.1, 0.15) is 5.01 Å². The number of hydrogen-bond acceptors (Lipinski definition) is 9. The Kier molecular flexibility index (Phi) is 5.53. The average molecular weight is 423 g/mol. The maximum atomic E-state index is 10.7. The van der Waals surface area contributed by atoms with E-state index in [1.165, 1.54) is 25.0 Å². The zero-order valence-electron chi connectivity index (χ0n) is 13.5. The van der Waals surface area contributed by atoms with Crippen LogP contribution < -0.4 is 0 Å². The maximum absolute atomic E-state index is 10.7. The summed E-state index contributed by atoms with van der Waals surface area (Å²) in [5.41, 5.74) is 1.82. The Morgan fingerprint density at radius 3 is 2.58 bits per heavy atom. The first-order valence-electron chi connectivity index (χ1n) is 7.96. The van der Waals surface area contributed by atoms with Gasteiger partial charge in [-0.15, -0.1) is 21.5 Å². The van der Waals surface area contributed by atoms with E-state index in [0.717, 1.165) is 42.4 Å². The molecule has 3 aromatic rings. The minimum atomic E-state index is -0.397. The molecule has 0 radical (unpaired) electrons. The fraction of sp³-hybridized carbons (Fsp3) is 0.312. The highest BCUT2D eigenvalue weighted by Gasteiger charge is 2.22. The average Bonchev–Trinajstić information content (AvgIpc) is 3.17. The molecular weight excluding hydrogens is 408 g/mol. The Bertz CT molecular complexity index is 905. The van der Waals surface area contributed by atoms with Crippen LogP contribution in [-0.2, 0) is 5.75 Å². The molecule has 134 valence electrons. The molecule has 26 heavy (non-hydrogen) atoms. The van der Waals surface area contributed by atoms with E-state index in [-0.39, 0.29) is 5.69 Å². The first-order valence-corrected chi connectivity index (χ1v) is 11.6. The van der Waals surface area contributed by atoms with E-state index in [1.807, 2.05) is 17.1 Å². The van der Waals surface area contributed by atoms with Crippen LogP contribution in [0.3, 0.4) is 0 Å². The summed E-state index contributed by atoms with van der Waals surface area (Å²) in [7, 11) is 0. The highest BCUT2D eigenvalue weighted by Crippen LogP contribution is 2.37. The van der Waals surface area contributed by atoms with Crippen molar-refractivity contribution in [3.63, 3.8) is 0 Å². The minimum Gasteiger partial charge on any atom is -0.258 e. The van der Waals surface area contributed by atoms with E-state index in [2.05, 4.69) is 15.2 Å². The van der Waals surface area contributed by atoms with Gasteiger partial charge >= 0.3 is 0 Å². The van der Waals surface area contributed by atoms with Gasteiger partial charge in [0, 0.05) is 28.8 Å². The van der Waals surface area contributed by atoms with Gasteiger partial charge in [0.2, 0.25) is 0 Å². The lowest BCUT2D eigenvalue weighted by Gasteiger charge is -1.96. The summed E-state index contributed by atoms with van der Waals surface area (Å²) in [6.07, 6.45) is 2.71. The third kappa shape index (κ3) is 4.61. The van der Waals surface area contributed by atoms with Crippen molar-refractivity contribution in [2.24, 2.45) is 5.92 Å². The van der Waals surface area contributed by atoms with Crippen molar-refractivity contribution in [2.45, 2.75) is 27.3 Å². The summed E-state index contributed by atoms with van der Waals surface area (Å²) in [4.78, 5) is 15.0. The monoisotopic (exact) mass is 422 g/mol. The minimum absolute atomic E-state index is 0.0892. The van der Waals surface area contributed by atoms with E-state index >= 15 is 0 Å². The van der Waals surface area contributed by atoms with Gasteiger partial charge in [-0.2, -0.15) is 0 Å². The first kappa shape index (κ1) is 17.9. The molecule has 1 aliphatic carbocycles. The third-order valence-corrected chi connectivity index (χ3v) is 8.24. The van der Waals surface area contributed by atoms with Gasteiger partial charge < -0.3 is 0 Å². The van der Waals surface area contributed by atoms with Crippen LogP contribution in [0.1, 0.15) is 17.8 Å². The van der Waals surface area contributed by atoms with Gasteiger partial charge in [-0.3, -0.25) is 10.1 Å². The lowest BCUT2D eigenvalue weighted by molar-refractivity contribution is -0.384. The van der Waals surface area contributed by atoms with Crippen LogP contribution in [0.2, 0.25) is 0 Å². The topological polar surface area (TPSA) is 81.8 Å². The summed E-state index contributed by atoms with van der Waals surface area (Å²) in [6, 6.07) is 6.48. The van der Waals surface area contributed by atoms with Crippen LogP contribution >= 0.6 is 46.2 Å². The number of rotatable bonds is 8. The highest BCUT2D eigenvalue weighted by atomic mass is 32.2. The lowest BCUT2D eigenvalue weighted by Crippen LogP contribution is -1.87. The molecule has 1 fully saturated rings. The summed E-state index contributed by atoms with van der Waals surface area (Å²) in [5, 5.41) is 22.2. The smallest absolute Gasteiger partial charge is 0.258 e. The van der Waals surface area contributed by atoms with Crippen molar-refractivity contribution >= 4 is 51.9 Å². The standard InChI is InChI=1S/C16H14N4O2S4/c21-20(22)12-5-3-11(4-6-12)13-8-23-14(17-13)9-25-16-19-18-15(26-16)24-7-10-1-2-10/h3-6,8,10H,1-2,7,9H2. The number of non-ortho nitro benzene ring substituents is 1. The van der Waals surface area contributed by atoms with Crippen molar-refractivity contribution in [1.82, 2.24) is 15.2 Å². The molecule has 0 N–H and O–H groups in total. The quantitative estimate of drug-likeness (QED) is 0.274. The second-order valence-electron chi connectivity index (χ2n) is 5.81. The molecule has 2 heterocycles. The van der Waals surface area contributed by atoms with Crippen molar-refractivity contribution in [3.8, 4) is 11.3 Å². The van der Waals surface area contributed by atoms with Gasteiger partial charge in [0.05, 0.1) is 16.4 Å². The number of nitro benzene ring substituents is 1. The van der Waals surface area contributed by atoms with Crippen LogP contribution in [0.25, 0.3) is 11.3 Å². The molecule has 6 nitrogen and oxygen atoms in total. The molecule has 0 bridgehead atoms. The van der Waals surface area contributed by atoms with Crippen LogP contribution in [0.5, 0.6) is 0 Å². The predicted molar refractivity (Wildman–Crippen MR) is 107 cm³/mol. The van der Waals surface area contributed by atoms with Crippen LogP contribution in [-0.4, -0.2) is 25.9 Å². The van der Waals surface area contributed by atoms with Gasteiger partial charge in [-0.1, -0.05) is 34.9 Å². The predicted octanol–water partition coefficient (Wildman–Crippen LogP) is 5.36. The Hall–Kier alpha value is -1.49. The summed E-state index contributed by atoms with van der Waals surface area (Å²) in [6.45, 7) is 0. The molecule has 4 rings (SSSR count). The molecule has 0 saturated heterocycles. The second-order valence-corrected chi connectivity index (χ2v) is 10.2. The molecule has 0 atom stereocenters. The van der Waals surface area contributed by atoms with Gasteiger partial charge in [-0.05, 0) is 30.9 Å². The van der Waals surface area contributed by atoms with Gasteiger partial charge in [0.25, 0.3) is 5.69 Å². The summed E-state index contributed by atoms with van der Waals surface area (Å²) >= 11 is 6.69. The molecule has 0 spiro atoms. The number of hydrogen-bond donors (Lipinski definition) is 0. The SMILES string of the molecule is O=[N+]([O-])c1ccc(-c2csc(CSc3nnc(SCC4CC4)s3)n2)cc1. The van der Waals surface area contributed by atoms with Crippen molar-refractivity contribution in [1.29, 1.82) is 0 Å². The van der Waals surface area contributed by atoms with E-state index < -0.39 is 4.92 Å². The molecule has 0 amide bonds. The molecule has 0 unspecified atom stereocenters. The fourth-order valence-corrected chi connectivity index (χ4v) is 6.23. The number of aromatic nitrogens is 3. The van der Waals surface area contributed by atoms with Crippen LogP contribution in [0.4, 0.5) is 5.69 Å². The molecule has 1 saturated carbocycles. The number of thiazole rings is 1. The van der Waals surface area contributed by atoms with E-state index in [9.17, 15) is 10.1 Å². The maximum Gasteiger partial charge on any atom is 0.269 e. The fourth-order valence-electron chi connectivity index (χ4n) is 2.17. The van der Waals surface area contributed by atoms with E-state index in [4.69, 9.17) is 0 Å². The normalized spacial score (nSPS) is 13.8. The Morgan fingerprint density at radius 1 is 1.15 bits per heavy atom. The molecule has 0 aliphatic heterocycles. The number of nitro groups is 1. The number of thioether (sulfide) groups is 2. The summed E-state index contributed by atoms with van der Waals surface area (Å²) < 4.78 is 2.01.